The van der Waals surface area contributed by atoms with Gasteiger partial charge in [-0.15, -0.1) is 0 Å². The summed E-state index contributed by atoms with van der Waals surface area (Å²) in [5.41, 5.74) is 0.403. The van der Waals surface area contributed by atoms with Gasteiger partial charge in [-0.25, -0.2) is 0 Å². The lowest BCUT2D eigenvalue weighted by atomic mass is 10.00. The van der Waals surface area contributed by atoms with E-state index in [2.05, 4.69) is 0 Å². The van der Waals surface area contributed by atoms with Crippen LogP contribution in [0.25, 0.3) is 0 Å². The summed E-state index contributed by atoms with van der Waals surface area (Å²) in [6, 6.07) is 2.96. The maximum Gasteiger partial charge on any atom is 0.262 e. The third-order valence-corrected chi connectivity index (χ3v) is 5.45. The Bertz CT molecular complexity index is 679. The fraction of sp³-hybridized carbons (Fsp3) is 0.471. The van der Waals surface area contributed by atoms with Gasteiger partial charge >= 0.3 is 0 Å². The first-order chi connectivity index (χ1) is 11.4. The zero-order valence-corrected chi connectivity index (χ0v) is 14.9. The van der Waals surface area contributed by atoms with Crippen molar-refractivity contribution in [3.8, 4) is 0 Å². The fourth-order valence-corrected chi connectivity index (χ4v) is 3.73. The van der Waals surface area contributed by atoms with Gasteiger partial charge in [0.1, 0.15) is 6.54 Å². The molecule has 24 heavy (non-hydrogen) atoms. The molecular formula is C17H18Cl2N2O3. The Hall–Kier alpha value is -1.59. The molecule has 0 unspecified atom stereocenters. The third kappa shape index (κ3) is 2.91. The number of piperidine rings is 1. The average molecular weight is 369 g/mol. The normalized spacial score (nSPS) is 20.5. The van der Waals surface area contributed by atoms with Gasteiger partial charge in [0.05, 0.1) is 21.2 Å². The number of imide groups is 1. The van der Waals surface area contributed by atoms with Crippen molar-refractivity contribution < 1.29 is 14.4 Å². The van der Waals surface area contributed by atoms with Crippen molar-refractivity contribution in [3.05, 3.63) is 33.3 Å². The molecule has 1 saturated heterocycles. The van der Waals surface area contributed by atoms with Crippen LogP contribution in [0.15, 0.2) is 12.1 Å². The minimum atomic E-state index is -0.494. The van der Waals surface area contributed by atoms with Crippen LogP contribution in [-0.2, 0) is 4.79 Å². The molecule has 0 aliphatic carbocycles. The van der Waals surface area contributed by atoms with Crippen molar-refractivity contribution >= 4 is 40.9 Å². The number of carbonyl (C=O) groups is 3. The quantitative estimate of drug-likeness (QED) is 0.768. The smallest absolute Gasteiger partial charge is 0.262 e. The molecule has 0 saturated carbocycles. The van der Waals surface area contributed by atoms with E-state index in [0.717, 1.165) is 30.6 Å². The molecule has 0 radical (unpaired) electrons. The van der Waals surface area contributed by atoms with E-state index in [0.29, 0.717) is 6.54 Å². The molecule has 0 spiro atoms. The van der Waals surface area contributed by atoms with E-state index in [4.69, 9.17) is 23.2 Å². The molecule has 1 aromatic carbocycles. The Kier molecular flexibility index (Phi) is 4.83. The molecule has 3 amide bonds. The van der Waals surface area contributed by atoms with E-state index >= 15 is 0 Å². The number of likely N-dealkylation sites (tertiary alicyclic amines) is 1. The van der Waals surface area contributed by atoms with Gasteiger partial charge in [0.15, 0.2) is 0 Å². The number of benzene rings is 1. The predicted molar refractivity (Wildman–Crippen MR) is 91.5 cm³/mol. The summed E-state index contributed by atoms with van der Waals surface area (Å²) in [7, 11) is 0. The zero-order chi connectivity index (χ0) is 17.4. The van der Waals surface area contributed by atoms with Crippen molar-refractivity contribution in [1.29, 1.82) is 0 Å². The second-order valence-electron chi connectivity index (χ2n) is 6.15. The molecule has 0 aromatic heterocycles. The lowest BCUT2D eigenvalue weighted by molar-refractivity contribution is -0.135. The van der Waals surface area contributed by atoms with E-state index in [1.807, 2.05) is 6.92 Å². The van der Waals surface area contributed by atoms with Gasteiger partial charge in [-0.3, -0.25) is 19.3 Å². The summed E-state index contributed by atoms with van der Waals surface area (Å²) in [4.78, 5) is 40.4. The molecule has 2 aliphatic heterocycles. The highest BCUT2D eigenvalue weighted by Crippen LogP contribution is 2.31. The first-order valence-electron chi connectivity index (χ1n) is 8.08. The molecule has 1 atom stereocenters. The van der Waals surface area contributed by atoms with Crippen LogP contribution < -0.4 is 0 Å². The Morgan fingerprint density at radius 3 is 2.25 bits per heavy atom. The van der Waals surface area contributed by atoms with Crippen LogP contribution in [0.1, 0.15) is 53.3 Å². The van der Waals surface area contributed by atoms with E-state index < -0.39 is 11.8 Å². The number of carbonyl (C=O) groups excluding carboxylic acids is 3. The molecule has 2 heterocycles. The first kappa shape index (κ1) is 17.2. The summed E-state index contributed by atoms with van der Waals surface area (Å²) >= 11 is 11.9. The monoisotopic (exact) mass is 368 g/mol. The summed E-state index contributed by atoms with van der Waals surface area (Å²) in [6.07, 6.45) is 3.90. The Morgan fingerprint density at radius 2 is 1.71 bits per heavy atom. The van der Waals surface area contributed by atoms with Gasteiger partial charge < -0.3 is 4.90 Å². The molecular weight excluding hydrogens is 351 g/mol. The van der Waals surface area contributed by atoms with Gasteiger partial charge in [0.25, 0.3) is 11.8 Å². The van der Waals surface area contributed by atoms with Crippen molar-refractivity contribution in [2.45, 2.75) is 38.6 Å². The number of nitrogens with zero attached hydrogens (tertiary/aromatic N) is 2. The number of halogens is 2. The number of rotatable bonds is 3. The average Bonchev–Trinajstić information content (AvgIpc) is 2.80. The highest BCUT2D eigenvalue weighted by molar-refractivity contribution is 6.43. The largest absolute Gasteiger partial charge is 0.338 e. The SMILES string of the molecule is CC[C@@H]1CCCCN1C(=O)CN1C(=O)c2cc(Cl)c(Cl)cc2C1=O. The summed E-state index contributed by atoms with van der Waals surface area (Å²) < 4.78 is 0. The number of hydrogen-bond acceptors (Lipinski definition) is 3. The topological polar surface area (TPSA) is 57.7 Å². The first-order valence-corrected chi connectivity index (χ1v) is 8.84. The summed E-state index contributed by atoms with van der Waals surface area (Å²) in [5.74, 6) is -1.17. The van der Waals surface area contributed by atoms with E-state index in [9.17, 15) is 14.4 Å². The van der Waals surface area contributed by atoms with E-state index in [1.54, 1.807) is 4.90 Å². The lowest BCUT2D eigenvalue weighted by Gasteiger charge is -2.36. The molecule has 0 N–H and O–H groups in total. The maximum absolute atomic E-state index is 12.6. The molecule has 1 aromatic rings. The van der Waals surface area contributed by atoms with Crippen molar-refractivity contribution in [3.63, 3.8) is 0 Å². The molecule has 0 bridgehead atoms. The molecule has 3 rings (SSSR count). The van der Waals surface area contributed by atoms with Crippen LogP contribution >= 0.6 is 23.2 Å². The highest BCUT2D eigenvalue weighted by Gasteiger charge is 2.39. The van der Waals surface area contributed by atoms with Crippen LogP contribution in [-0.4, -0.2) is 46.7 Å². The van der Waals surface area contributed by atoms with Crippen LogP contribution in [0.2, 0.25) is 10.0 Å². The standard InChI is InChI=1S/C17H18Cl2N2O3/c1-2-10-5-3-4-6-20(10)15(22)9-21-16(23)11-7-13(18)14(19)8-12(11)17(21)24/h7-8,10H,2-6,9H2,1H3/t10-/m1/s1. The van der Waals surface area contributed by atoms with E-state index in [1.165, 1.54) is 12.1 Å². The third-order valence-electron chi connectivity index (χ3n) is 4.72. The van der Waals surface area contributed by atoms with Crippen LogP contribution in [0.4, 0.5) is 0 Å². The summed E-state index contributed by atoms with van der Waals surface area (Å²) in [6.45, 7) is 2.48. The molecule has 7 heteroatoms. The zero-order valence-electron chi connectivity index (χ0n) is 13.3. The Balaban J connectivity index is 1.80. The van der Waals surface area contributed by atoms with Crippen LogP contribution in [0.5, 0.6) is 0 Å². The number of fused-ring (bicyclic) bond motifs is 1. The number of hydrogen-bond donors (Lipinski definition) is 0. The van der Waals surface area contributed by atoms with Crippen molar-refractivity contribution in [2.24, 2.45) is 0 Å². The molecule has 128 valence electrons. The Labute approximate surface area is 150 Å². The number of amides is 3. The second-order valence-corrected chi connectivity index (χ2v) is 6.97. The van der Waals surface area contributed by atoms with Gasteiger partial charge in [-0.05, 0) is 37.8 Å². The maximum atomic E-state index is 12.6. The molecule has 1 fully saturated rings. The van der Waals surface area contributed by atoms with Gasteiger partial charge in [0, 0.05) is 12.6 Å². The van der Waals surface area contributed by atoms with Gasteiger partial charge in [-0.1, -0.05) is 30.1 Å². The predicted octanol–water partition coefficient (Wildman–Crippen LogP) is 3.38. The second kappa shape index (κ2) is 6.73. The van der Waals surface area contributed by atoms with E-state index in [-0.39, 0.29) is 39.7 Å². The highest BCUT2D eigenvalue weighted by atomic mass is 35.5. The minimum Gasteiger partial charge on any atom is -0.338 e. The molecule has 5 nitrogen and oxygen atoms in total. The van der Waals surface area contributed by atoms with Crippen molar-refractivity contribution in [2.75, 3.05) is 13.1 Å². The Morgan fingerprint density at radius 1 is 1.12 bits per heavy atom. The van der Waals surface area contributed by atoms with Crippen LogP contribution in [0.3, 0.4) is 0 Å². The summed E-state index contributed by atoms with van der Waals surface area (Å²) in [5, 5.41) is 0.429. The minimum absolute atomic E-state index is 0.185. The molecule has 2 aliphatic rings. The van der Waals surface area contributed by atoms with Gasteiger partial charge in [-0.2, -0.15) is 0 Å². The van der Waals surface area contributed by atoms with Gasteiger partial charge in [0.2, 0.25) is 5.91 Å². The fourth-order valence-electron chi connectivity index (χ4n) is 3.41. The van der Waals surface area contributed by atoms with Crippen molar-refractivity contribution in [1.82, 2.24) is 9.80 Å². The van der Waals surface area contributed by atoms with Crippen LogP contribution in [0, 0.1) is 0 Å². The lowest BCUT2D eigenvalue weighted by Crippen LogP contribution is -2.48.